The van der Waals surface area contributed by atoms with Gasteiger partial charge in [-0.15, -0.1) is 0 Å². The summed E-state index contributed by atoms with van der Waals surface area (Å²) in [6, 6.07) is 9.40. The molecule has 0 aliphatic carbocycles. The molecule has 2 saturated heterocycles. The molecule has 2 aromatic heterocycles. The molecule has 2 aliphatic heterocycles. The summed E-state index contributed by atoms with van der Waals surface area (Å²) in [6.07, 6.45) is 8.15. The maximum absolute atomic E-state index is 9.53. The van der Waals surface area contributed by atoms with Gasteiger partial charge in [0.1, 0.15) is 0 Å². The Labute approximate surface area is 175 Å². The Morgan fingerprint density at radius 2 is 1.57 bits per heavy atom. The Morgan fingerprint density at radius 1 is 0.967 bits per heavy atom. The van der Waals surface area contributed by atoms with Crippen LogP contribution in [0, 0.1) is 17.2 Å². The highest BCUT2D eigenvalue weighted by atomic mass is 16.7. The smallest absolute Gasteiger partial charge is 0.201 e. The highest BCUT2D eigenvalue weighted by Crippen LogP contribution is 2.43. The molecule has 0 bridgehead atoms. The van der Waals surface area contributed by atoms with Crippen LogP contribution in [0.25, 0.3) is 0 Å². The SMILES string of the molecule is N#CCC(C(N)CCC1(c2cccnc2)OCCO1)C1(c2cccnc2)OCCO1. The van der Waals surface area contributed by atoms with Crippen molar-refractivity contribution in [2.75, 3.05) is 26.4 Å². The van der Waals surface area contributed by atoms with Crippen molar-refractivity contribution in [1.29, 1.82) is 5.26 Å². The summed E-state index contributed by atoms with van der Waals surface area (Å²) in [6.45, 7) is 1.90. The largest absolute Gasteiger partial charge is 0.343 e. The van der Waals surface area contributed by atoms with Crippen molar-refractivity contribution in [2.45, 2.75) is 36.9 Å². The van der Waals surface area contributed by atoms with Crippen LogP contribution in [0.4, 0.5) is 0 Å². The zero-order valence-corrected chi connectivity index (χ0v) is 16.8. The Morgan fingerprint density at radius 3 is 2.13 bits per heavy atom. The molecule has 0 amide bonds. The highest BCUT2D eigenvalue weighted by molar-refractivity contribution is 5.20. The van der Waals surface area contributed by atoms with Crippen LogP contribution >= 0.6 is 0 Å². The van der Waals surface area contributed by atoms with E-state index >= 15 is 0 Å². The van der Waals surface area contributed by atoms with Gasteiger partial charge < -0.3 is 24.7 Å². The molecular formula is C22H26N4O4. The van der Waals surface area contributed by atoms with Gasteiger partial charge in [0.05, 0.1) is 32.5 Å². The van der Waals surface area contributed by atoms with Crippen LogP contribution in [0.5, 0.6) is 0 Å². The standard InChI is InChI=1S/C22H26N4O4/c23-8-6-19(22(29-13-14-30-22)18-4-2-10-26-16-18)20(24)5-7-21(27-11-12-28-21)17-3-1-9-25-15-17/h1-4,9-10,15-16,19-20H,5-7,11-14,24H2. The van der Waals surface area contributed by atoms with Gasteiger partial charge in [0.15, 0.2) is 5.79 Å². The van der Waals surface area contributed by atoms with Crippen molar-refractivity contribution in [3.63, 3.8) is 0 Å². The summed E-state index contributed by atoms with van der Waals surface area (Å²) in [5.41, 5.74) is 8.30. The molecule has 4 heterocycles. The first kappa shape index (κ1) is 20.8. The second-order valence-electron chi connectivity index (χ2n) is 7.47. The van der Waals surface area contributed by atoms with Gasteiger partial charge in [-0.2, -0.15) is 5.26 Å². The lowest BCUT2D eigenvalue weighted by Crippen LogP contribution is -2.47. The summed E-state index contributed by atoms with van der Waals surface area (Å²) in [4.78, 5) is 8.40. The van der Waals surface area contributed by atoms with Gasteiger partial charge in [0.2, 0.25) is 5.79 Å². The summed E-state index contributed by atoms with van der Waals surface area (Å²) < 4.78 is 24.1. The number of rotatable bonds is 8. The number of nitrogens with two attached hydrogens (primary N) is 1. The predicted molar refractivity (Wildman–Crippen MR) is 107 cm³/mol. The second-order valence-corrected chi connectivity index (χ2v) is 7.47. The molecule has 8 nitrogen and oxygen atoms in total. The lowest BCUT2D eigenvalue weighted by atomic mass is 9.81. The molecule has 4 rings (SSSR count). The molecule has 2 unspecified atom stereocenters. The lowest BCUT2D eigenvalue weighted by molar-refractivity contribution is -0.213. The lowest BCUT2D eigenvalue weighted by Gasteiger charge is -2.39. The zero-order valence-electron chi connectivity index (χ0n) is 16.8. The van der Waals surface area contributed by atoms with Crippen molar-refractivity contribution in [3.05, 3.63) is 60.2 Å². The molecule has 0 radical (unpaired) electrons. The summed E-state index contributed by atoms with van der Waals surface area (Å²) >= 11 is 0. The number of nitrogens with zero attached hydrogens (tertiary/aromatic N) is 3. The van der Waals surface area contributed by atoms with E-state index in [9.17, 15) is 5.26 Å². The maximum Gasteiger partial charge on any atom is 0.201 e. The molecule has 2 aliphatic rings. The molecular weight excluding hydrogens is 384 g/mol. The Kier molecular flexibility index (Phi) is 6.37. The first-order valence-electron chi connectivity index (χ1n) is 10.2. The van der Waals surface area contributed by atoms with E-state index < -0.39 is 11.6 Å². The number of hydrogen-bond acceptors (Lipinski definition) is 8. The van der Waals surface area contributed by atoms with Crippen LogP contribution < -0.4 is 5.73 Å². The number of pyridine rings is 2. The molecule has 2 aromatic rings. The van der Waals surface area contributed by atoms with Gasteiger partial charge >= 0.3 is 0 Å². The van der Waals surface area contributed by atoms with Gasteiger partial charge in [-0.25, -0.2) is 0 Å². The number of hydrogen-bond donors (Lipinski definition) is 1. The van der Waals surface area contributed by atoms with Gasteiger partial charge in [-0.3, -0.25) is 9.97 Å². The fourth-order valence-electron chi connectivity index (χ4n) is 4.31. The number of aromatic nitrogens is 2. The molecule has 0 aromatic carbocycles. The van der Waals surface area contributed by atoms with Crippen LogP contribution in [0.2, 0.25) is 0 Å². The van der Waals surface area contributed by atoms with Crippen molar-refractivity contribution < 1.29 is 18.9 Å². The fourth-order valence-corrected chi connectivity index (χ4v) is 4.31. The minimum Gasteiger partial charge on any atom is -0.343 e. The third-order valence-corrected chi connectivity index (χ3v) is 5.76. The summed E-state index contributed by atoms with van der Waals surface area (Å²) in [7, 11) is 0. The quantitative estimate of drug-likeness (QED) is 0.705. The Balaban J connectivity index is 1.56. The second kappa shape index (κ2) is 9.16. The predicted octanol–water partition coefficient (Wildman–Crippen LogP) is 2.21. The van der Waals surface area contributed by atoms with E-state index in [0.717, 1.165) is 11.1 Å². The van der Waals surface area contributed by atoms with Crippen molar-refractivity contribution in [1.82, 2.24) is 9.97 Å². The molecule has 0 spiro atoms. The zero-order chi connectivity index (χ0) is 20.9. The number of ether oxygens (including phenoxy) is 4. The third-order valence-electron chi connectivity index (χ3n) is 5.76. The monoisotopic (exact) mass is 410 g/mol. The molecule has 0 saturated carbocycles. The van der Waals surface area contributed by atoms with E-state index in [0.29, 0.717) is 39.3 Å². The van der Waals surface area contributed by atoms with E-state index in [1.807, 2.05) is 24.3 Å². The van der Waals surface area contributed by atoms with Crippen molar-refractivity contribution >= 4 is 0 Å². The average molecular weight is 410 g/mol. The topological polar surface area (TPSA) is 113 Å². The molecule has 2 N–H and O–H groups in total. The normalized spacial score (nSPS) is 21.7. The molecule has 158 valence electrons. The fraction of sp³-hybridized carbons (Fsp3) is 0.500. The van der Waals surface area contributed by atoms with E-state index in [1.54, 1.807) is 24.8 Å². The first-order chi connectivity index (χ1) is 14.7. The van der Waals surface area contributed by atoms with Crippen molar-refractivity contribution in [2.24, 2.45) is 11.7 Å². The van der Waals surface area contributed by atoms with E-state index in [-0.39, 0.29) is 18.4 Å². The molecule has 30 heavy (non-hydrogen) atoms. The summed E-state index contributed by atoms with van der Waals surface area (Å²) in [5, 5.41) is 9.53. The van der Waals surface area contributed by atoms with Crippen LogP contribution in [-0.4, -0.2) is 42.4 Å². The molecule has 2 fully saturated rings. The number of nitriles is 1. The van der Waals surface area contributed by atoms with Crippen LogP contribution in [-0.2, 0) is 30.5 Å². The summed E-state index contributed by atoms with van der Waals surface area (Å²) in [5.74, 6) is -2.33. The van der Waals surface area contributed by atoms with E-state index in [2.05, 4.69) is 16.0 Å². The first-order valence-corrected chi connectivity index (χ1v) is 10.2. The van der Waals surface area contributed by atoms with Gasteiger partial charge in [0, 0.05) is 60.7 Å². The van der Waals surface area contributed by atoms with E-state index in [4.69, 9.17) is 24.7 Å². The van der Waals surface area contributed by atoms with E-state index in [1.165, 1.54) is 0 Å². The highest BCUT2D eigenvalue weighted by Gasteiger charge is 2.49. The van der Waals surface area contributed by atoms with Crippen molar-refractivity contribution in [3.8, 4) is 6.07 Å². The maximum atomic E-state index is 9.53. The molecule has 8 heteroatoms. The van der Waals surface area contributed by atoms with Crippen LogP contribution in [0.1, 0.15) is 30.4 Å². The van der Waals surface area contributed by atoms with Crippen LogP contribution in [0.15, 0.2) is 49.1 Å². The average Bonchev–Trinajstić information content (AvgIpc) is 3.48. The van der Waals surface area contributed by atoms with Gasteiger partial charge in [0.25, 0.3) is 0 Å². The van der Waals surface area contributed by atoms with Gasteiger partial charge in [-0.05, 0) is 18.6 Å². The van der Waals surface area contributed by atoms with Crippen LogP contribution in [0.3, 0.4) is 0 Å². The Bertz CT molecular complexity index is 846. The minimum absolute atomic E-state index is 0.192. The molecule has 2 atom stereocenters. The Hall–Kier alpha value is -2.41. The minimum atomic E-state index is -1.08. The van der Waals surface area contributed by atoms with Gasteiger partial charge in [-0.1, -0.05) is 12.1 Å². The third kappa shape index (κ3) is 3.95.